The molecule has 0 atom stereocenters. The molecule has 1 nitrogen and oxygen atoms in total. The Labute approximate surface area is 128 Å². The number of nitrogens with zero attached hydrogens (tertiary/aromatic N) is 1. The lowest BCUT2D eigenvalue weighted by Gasteiger charge is -2.14. The number of hydrogen-bond acceptors (Lipinski definition) is 3. The molecule has 0 amide bonds. The molecule has 0 N–H and O–H groups in total. The maximum atomic E-state index is 2.30. The van der Waals surface area contributed by atoms with E-state index in [0.717, 1.165) is 0 Å². The molecule has 0 unspecified atom stereocenters. The fourth-order valence-electron chi connectivity index (χ4n) is 2.42. The number of thioether (sulfide) groups is 1. The van der Waals surface area contributed by atoms with E-state index in [-0.39, 0.29) is 0 Å². The highest BCUT2D eigenvalue weighted by atomic mass is 32.2. The van der Waals surface area contributed by atoms with E-state index in [1.165, 1.54) is 31.1 Å². The lowest BCUT2D eigenvalue weighted by Crippen LogP contribution is -2.08. The van der Waals surface area contributed by atoms with E-state index >= 15 is 0 Å². The van der Waals surface area contributed by atoms with Gasteiger partial charge in [-0.1, -0.05) is 30.3 Å². The molecule has 0 spiro atoms. The first-order valence-corrected chi connectivity index (χ1v) is 8.58. The number of benzene rings is 2. The molecule has 0 radical (unpaired) electrons. The molecule has 0 saturated carbocycles. The van der Waals surface area contributed by atoms with Crippen LogP contribution in [-0.4, -0.2) is 20.4 Å². The highest BCUT2D eigenvalue weighted by Gasteiger charge is 2.15. The van der Waals surface area contributed by atoms with Crippen molar-refractivity contribution in [3.8, 4) is 10.4 Å². The number of fused-ring (bicyclic) bond motifs is 1. The van der Waals surface area contributed by atoms with Gasteiger partial charge in [-0.15, -0.1) is 23.1 Å². The second kappa shape index (κ2) is 5.51. The zero-order valence-electron chi connectivity index (χ0n) is 11.9. The molecule has 0 aliphatic carbocycles. The predicted octanol–water partition coefficient (Wildman–Crippen LogP) is 5.36. The Hall–Kier alpha value is -1.45. The van der Waals surface area contributed by atoms with Crippen LogP contribution in [-0.2, 0) is 0 Å². The normalized spacial score (nSPS) is 10.9. The first-order valence-electron chi connectivity index (χ1n) is 6.54. The molecule has 102 valence electrons. The Morgan fingerprint density at radius 1 is 1.00 bits per heavy atom. The van der Waals surface area contributed by atoms with Crippen molar-refractivity contribution in [2.45, 2.75) is 4.90 Å². The van der Waals surface area contributed by atoms with Gasteiger partial charge >= 0.3 is 0 Å². The highest BCUT2D eigenvalue weighted by molar-refractivity contribution is 7.98. The van der Waals surface area contributed by atoms with Crippen molar-refractivity contribution in [2.75, 3.05) is 25.3 Å². The second-order valence-corrected chi connectivity index (χ2v) is 6.83. The topological polar surface area (TPSA) is 3.24 Å². The summed E-state index contributed by atoms with van der Waals surface area (Å²) in [5.41, 5.74) is 2.62. The second-order valence-electron chi connectivity index (χ2n) is 4.90. The van der Waals surface area contributed by atoms with Gasteiger partial charge in [0.15, 0.2) is 0 Å². The maximum Gasteiger partial charge on any atom is 0.0630 e. The van der Waals surface area contributed by atoms with Crippen LogP contribution in [0.4, 0.5) is 5.69 Å². The average Bonchev–Trinajstić information content (AvgIpc) is 2.86. The van der Waals surface area contributed by atoms with Crippen LogP contribution in [0.5, 0.6) is 0 Å². The Morgan fingerprint density at radius 3 is 2.40 bits per heavy atom. The maximum absolute atomic E-state index is 2.30. The van der Waals surface area contributed by atoms with Crippen molar-refractivity contribution >= 4 is 38.9 Å². The molecule has 0 fully saturated rings. The lowest BCUT2D eigenvalue weighted by molar-refractivity contribution is 1.15. The van der Waals surface area contributed by atoms with Crippen LogP contribution in [0.2, 0.25) is 0 Å². The van der Waals surface area contributed by atoms with Crippen LogP contribution in [0.3, 0.4) is 0 Å². The summed E-state index contributed by atoms with van der Waals surface area (Å²) in [7, 11) is 4.25. The summed E-state index contributed by atoms with van der Waals surface area (Å²) in [6.45, 7) is 0. The molecular weight excluding hydrogens is 282 g/mol. The molecule has 3 rings (SSSR count). The monoisotopic (exact) mass is 299 g/mol. The Balaban J connectivity index is 2.29. The fraction of sp³-hybridized carbons (Fsp3) is 0.176. The third-order valence-electron chi connectivity index (χ3n) is 3.35. The van der Waals surface area contributed by atoms with Gasteiger partial charge in [-0.2, -0.15) is 0 Å². The van der Waals surface area contributed by atoms with Crippen molar-refractivity contribution in [3.05, 3.63) is 48.5 Å². The van der Waals surface area contributed by atoms with E-state index < -0.39 is 0 Å². The zero-order valence-corrected chi connectivity index (χ0v) is 13.5. The molecular formula is C17H17NS2. The summed E-state index contributed by atoms with van der Waals surface area (Å²) in [5.74, 6) is 0. The molecule has 0 saturated heterocycles. The number of rotatable bonds is 3. The van der Waals surface area contributed by atoms with Gasteiger partial charge in [0.2, 0.25) is 0 Å². The molecule has 3 aromatic rings. The molecule has 3 heteroatoms. The molecule has 0 aliphatic heterocycles. The van der Waals surface area contributed by atoms with Crippen LogP contribution in [0, 0.1) is 0 Å². The Bertz CT molecular complexity index is 729. The van der Waals surface area contributed by atoms with Gasteiger partial charge in [0, 0.05) is 29.1 Å². The number of thiophene rings is 1. The van der Waals surface area contributed by atoms with E-state index in [4.69, 9.17) is 0 Å². The summed E-state index contributed by atoms with van der Waals surface area (Å²) >= 11 is 3.67. The summed E-state index contributed by atoms with van der Waals surface area (Å²) in [6, 6.07) is 17.4. The first-order chi connectivity index (χ1) is 9.70. The molecule has 1 heterocycles. The van der Waals surface area contributed by atoms with Gasteiger partial charge in [-0.3, -0.25) is 0 Å². The van der Waals surface area contributed by atoms with Gasteiger partial charge in [-0.25, -0.2) is 0 Å². The summed E-state index contributed by atoms with van der Waals surface area (Å²) in [6.07, 6.45) is 2.13. The molecule has 20 heavy (non-hydrogen) atoms. The SMILES string of the molecule is CSc1ccc2sc(-c3ccccc3)c(N(C)C)c2c1. The van der Waals surface area contributed by atoms with E-state index in [1.54, 1.807) is 11.8 Å². The fourth-order valence-corrected chi connectivity index (χ4v) is 4.12. The summed E-state index contributed by atoms with van der Waals surface area (Å²) in [5, 5.41) is 1.35. The van der Waals surface area contributed by atoms with E-state index in [0.29, 0.717) is 0 Å². The van der Waals surface area contributed by atoms with Gasteiger partial charge < -0.3 is 4.90 Å². The smallest absolute Gasteiger partial charge is 0.0630 e. The highest BCUT2D eigenvalue weighted by Crippen LogP contribution is 2.44. The van der Waals surface area contributed by atoms with Crippen molar-refractivity contribution in [1.82, 2.24) is 0 Å². The Kier molecular flexibility index (Phi) is 3.72. The molecule has 1 aromatic heterocycles. The average molecular weight is 299 g/mol. The first kappa shape index (κ1) is 13.5. The minimum absolute atomic E-state index is 1.29. The van der Waals surface area contributed by atoms with E-state index in [9.17, 15) is 0 Å². The van der Waals surface area contributed by atoms with Crippen molar-refractivity contribution in [2.24, 2.45) is 0 Å². The summed E-state index contributed by atoms with van der Waals surface area (Å²) in [4.78, 5) is 4.90. The van der Waals surface area contributed by atoms with Gasteiger partial charge in [0.25, 0.3) is 0 Å². The summed E-state index contributed by atoms with van der Waals surface area (Å²) < 4.78 is 1.35. The van der Waals surface area contributed by atoms with E-state index in [1.807, 2.05) is 11.3 Å². The van der Waals surface area contributed by atoms with Gasteiger partial charge in [-0.05, 0) is 30.0 Å². The minimum Gasteiger partial charge on any atom is -0.376 e. The van der Waals surface area contributed by atoms with Crippen LogP contribution >= 0.6 is 23.1 Å². The largest absolute Gasteiger partial charge is 0.376 e. The van der Waals surface area contributed by atoms with Crippen LogP contribution < -0.4 is 4.90 Å². The lowest BCUT2D eigenvalue weighted by atomic mass is 10.1. The van der Waals surface area contributed by atoms with Crippen molar-refractivity contribution in [1.29, 1.82) is 0 Å². The third-order valence-corrected chi connectivity index (χ3v) is 5.29. The zero-order chi connectivity index (χ0) is 14.1. The van der Waals surface area contributed by atoms with Crippen molar-refractivity contribution in [3.63, 3.8) is 0 Å². The third kappa shape index (κ3) is 2.32. The Morgan fingerprint density at radius 2 is 1.75 bits per heavy atom. The minimum atomic E-state index is 1.29. The number of anilines is 1. The van der Waals surface area contributed by atoms with Crippen molar-refractivity contribution < 1.29 is 0 Å². The van der Waals surface area contributed by atoms with Crippen LogP contribution in [0.15, 0.2) is 53.4 Å². The van der Waals surface area contributed by atoms with Gasteiger partial charge in [0.1, 0.15) is 0 Å². The van der Waals surface area contributed by atoms with Crippen LogP contribution in [0.25, 0.3) is 20.5 Å². The molecule has 2 aromatic carbocycles. The standard InChI is InChI=1S/C17H17NS2/c1-18(2)16-14-11-13(19-3)9-10-15(14)20-17(16)12-7-5-4-6-8-12/h4-11H,1-3H3. The van der Waals surface area contributed by atoms with Gasteiger partial charge in [0.05, 0.1) is 10.6 Å². The van der Waals surface area contributed by atoms with E-state index in [2.05, 4.69) is 73.8 Å². The molecule has 0 bridgehead atoms. The quantitative estimate of drug-likeness (QED) is 0.599. The molecule has 0 aliphatic rings. The predicted molar refractivity (Wildman–Crippen MR) is 93.4 cm³/mol. The number of hydrogen-bond donors (Lipinski definition) is 0. The van der Waals surface area contributed by atoms with Crippen LogP contribution in [0.1, 0.15) is 0 Å².